The number of hydrogen-bond donors (Lipinski definition) is 3. The molecule has 17 heavy (non-hydrogen) atoms. The lowest BCUT2D eigenvalue weighted by molar-refractivity contribution is 0.1000. The molecule has 0 aromatic heterocycles. The molecule has 0 aliphatic carbocycles. The van der Waals surface area contributed by atoms with Crippen molar-refractivity contribution in [2.24, 2.45) is 5.73 Å². The summed E-state index contributed by atoms with van der Waals surface area (Å²) in [6.45, 7) is 6.11. The summed E-state index contributed by atoms with van der Waals surface area (Å²) in [5.41, 5.74) is 7.93. The molecule has 1 amide bonds. The van der Waals surface area contributed by atoms with Gasteiger partial charge < -0.3 is 16.4 Å². The minimum atomic E-state index is -0.372. The Labute approximate surface area is 102 Å². The van der Waals surface area contributed by atoms with E-state index in [2.05, 4.69) is 17.6 Å². The van der Waals surface area contributed by atoms with Gasteiger partial charge in [-0.05, 0) is 50.6 Å². The maximum atomic E-state index is 11.1. The van der Waals surface area contributed by atoms with Gasteiger partial charge in [0.2, 0.25) is 5.91 Å². The number of nitrogens with two attached hydrogens (primary N) is 1. The van der Waals surface area contributed by atoms with Gasteiger partial charge in [-0.15, -0.1) is 0 Å². The normalized spacial score (nSPS) is 23.6. The van der Waals surface area contributed by atoms with Crippen molar-refractivity contribution < 1.29 is 4.79 Å². The van der Waals surface area contributed by atoms with Crippen molar-refractivity contribution in [3.63, 3.8) is 0 Å². The summed E-state index contributed by atoms with van der Waals surface area (Å²) in [6, 6.07) is 5.67. The van der Waals surface area contributed by atoms with E-state index in [0.29, 0.717) is 5.56 Å². The highest BCUT2D eigenvalue weighted by atomic mass is 16.1. The first-order valence-corrected chi connectivity index (χ1v) is 5.90. The molecule has 1 aromatic rings. The topological polar surface area (TPSA) is 67.2 Å². The van der Waals surface area contributed by atoms with Gasteiger partial charge in [0.05, 0.1) is 0 Å². The summed E-state index contributed by atoms with van der Waals surface area (Å²) in [5, 5.41) is 6.85. The van der Waals surface area contributed by atoms with Gasteiger partial charge in [0.25, 0.3) is 0 Å². The quantitative estimate of drug-likeness (QED) is 0.736. The highest BCUT2D eigenvalue weighted by molar-refractivity contribution is 5.94. The summed E-state index contributed by atoms with van der Waals surface area (Å²) in [4.78, 5) is 11.1. The van der Waals surface area contributed by atoms with Gasteiger partial charge in [-0.2, -0.15) is 0 Å². The minimum Gasteiger partial charge on any atom is -0.379 e. The van der Waals surface area contributed by atoms with Gasteiger partial charge in [-0.1, -0.05) is 0 Å². The fraction of sp³-hybridized carbons (Fsp3) is 0.462. The van der Waals surface area contributed by atoms with E-state index in [1.807, 2.05) is 19.1 Å². The van der Waals surface area contributed by atoms with E-state index in [1.54, 1.807) is 6.07 Å². The number of benzene rings is 1. The number of primary amides is 1. The van der Waals surface area contributed by atoms with Crippen molar-refractivity contribution >= 4 is 11.6 Å². The zero-order valence-corrected chi connectivity index (χ0v) is 10.3. The van der Waals surface area contributed by atoms with E-state index < -0.39 is 0 Å². The summed E-state index contributed by atoms with van der Waals surface area (Å²) in [7, 11) is 0. The first-order valence-electron chi connectivity index (χ1n) is 5.90. The number of anilines is 1. The lowest BCUT2D eigenvalue weighted by Gasteiger charge is -2.26. The predicted octanol–water partition coefficient (Wildman–Crippen LogP) is 1.26. The summed E-state index contributed by atoms with van der Waals surface area (Å²) in [5.74, 6) is -0.372. The second kappa shape index (κ2) is 4.37. The third kappa shape index (κ3) is 2.58. The Kier molecular flexibility index (Phi) is 3.07. The Morgan fingerprint density at radius 1 is 1.53 bits per heavy atom. The van der Waals surface area contributed by atoms with Crippen LogP contribution in [0.5, 0.6) is 0 Å². The molecule has 0 bridgehead atoms. The Hall–Kier alpha value is -1.55. The van der Waals surface area contributed by atoms with Crippen LogP contribution in [0.3, 0.4) is 0 Å². The standard InChI is InChI=1S/C13H19N3O/c1-9-7-10(3-4-11(9)12(14)17)16-13(2)5-6-15-8-13/h3-4,7,15-16H,5-6,8H2,1-2H3,(H2,14,17). The zero-order chi connectivity index (χ0) is 12.5. The number of hydrogen-bond acceptors (Lipinski definition) is 3. The van der Waals surface area contributed by atoms with Crippen molar-refractivity contribution in [3.8, 4) is 0 Å². The zero-order valence-electron chi connectivity index (χ0n) is 10.3. The Morgan fingerprint density at radius 3 is 2.82 bits per heavy atom. The molecule has 1 saturated heterocycles. The van der Waals surface area contributed by atoms with Crippen LogP contribution in [0.15, 0.2) is 18.2 Å². The van der Waals surface area contributed by atoms with Crippen molar-refractivity contribution in [3.05, 3.63) is 29.3 Å². The smallest absolute Gasteiger partial charge is 0.248 e. The number of amides is 1. The number of nitrogens with one attached hydrogen (secondary N) is 2. The lowest BCUT2D eigenvalue weighted by Crippen LogP contribution is -2.36. The Balaban J connectivity index is 2.17. The molecule has 1 fully saturated rings. The molecule has 4 N–H and O–H groups in total. The van der Waals surface area contributed by atoms with Gasteiger partial charge in [0, 0.05) is 23.3 Å². The first kappa shape index (κ1) is 11.9. The lowest BCUT2D eigenvalue weighted by atomic mass is 10.00. The number of aryl methyl sites for hydroxylation is 1. The van der Waals surface area contributed by atoms with Crippen LogP contribution in [-0.4, -0.2) is 24.5 Å². The molecule has 0 saturated carbocycles. The van der Waals surface area contributed by atoms with Crippen molar-refractivity contribution in [2.45, 2.75) is 25.8 Å². The molecule has 0 spiro atoms. The van der Waals surface area contributed by atoms with E-state index in [9.17, 15) is 4.79 Å². The molecule has 4 heteroatoms. The van der Waals surface area contributed by atoms with E-state index >= 15 is 0 Å². The SMILES string of the molecule is Cc1cc(NC2(C)CCNC2)ccc1C(N)=O. The van der Waals surface area contributed by atoms with E-state index in [1.165, 1.54) is 0 Å². The maximum absolute atomic E-state index is 11.1. The molecule has 2 rings (SSSR count). The molecular weight excluding hydrogens is 214 g/mol. The molecular formula is C13H19N3O. The highest BCUT2D eigenvalue weighted by Crippen LogP contribution is 2.22. The van der Waals surface area contributed by atoms with Gasteiger partial charge in [-0.25, -0.2) is 0 Å². The summed E-state index contributed by atoms with van der Waals surface area (Å²) < 4.78 is 0. The van der Waals surface area contributed by atoms with Crippen LogP contribution in [0.1, 0.15) is 29.3 Å². The second-order valence-corrected chi connectivity index (χ2v) is 5.01. The van der Waals surface area contributed by atoms with Crippen LogP contribution in [-0.2, 0) is 0 Å². The van der Waals surface area contributed by atoms with Gasteiger partial charge in [0.15, 0.2) is 0 Å². The number of rotatable bonds is 3. The third-order valence-corrected chi connectivity index (χ3v) is 3.31. The predicted molar refractivity (Wildman–Crippen MR) is 69.2 cm³/mol. The van der Waals surface area contributed by atoms with Crippen LogP contribution in [0, 0.1) is 6.92 Å². The molecule has 1 heterocycles. The molecule has 1 unspecified atom stereocenters. The Bertz CT molecular complexity index is 436. The molecule has 4 nitrogen and oxygen atoms in total. The molecule has 0 radical (unpaired) electrons. The summed E-state index contributed by atoms with van der Waals surface area (Å²) >= 11 is 0. The second-order valence-electron chi connectivity index (χ2n) is 5.01. The Morgan fingerprint density at radius 2 is 2.29 bits per heavy atom. The fourth-order valence-corrected chi connectivity index (χ4v) is 2.29. The van der Waals surface area contributed by atoms with E-state index in [-0.39, 0.29) is 11.4 Å². The highest BCUT2D eigenvalue weighted by Gasteiger charge is 2.28. The van der Waals surface area contributed by atoms with Gasteiger partial charge in [-0.3, -0.25) is 4.79 Å². The maximum Gasteiger partial charge on any atom is 0.248 e. The van der Waals surface area contributed by atoms with Crippen LogP contribution >= 0.6 is 0 Å². The monoisotopic (exact) mass is 233 g/mol. The van der Waals surface area contributed by atoms with E-state index in [4.69, 9.17) is 5.73 Å². The van der Waals surface area contributed by atoms with Crippen LogP contribution < -0.4 is 16.4 Å². The number of carbonyl (C=O) groups excluding carboxylic acids is 1. The molecule has 1 aliphatic rings. The van der Waals surface area contributed by atoms with Crippen molar-refractivity contribution in [1.29, 1.82) is 0 Å². The first-order chi connectivity index (χ1) is 8.00. The largest absolute Gasteiger partial charge is 0.379 e. The molecule has 1 aliphatic heterocycles. The third-order valence-electron chi connectivity index (χ3n) is 3.31. The van der Waals surface area contributed by atoms with Crippen LogP contribution in [0.2, 0.25) is 0 Å². The molecule has 1 aromatic carbocycles. The van der Waals surface area contributed by atoms with E-state index in [0.717, 1.165) is 30.8 Å². The van der Waals surface area contributed by atoms with Gasteiger partial charge >= 0.3 is 0 Å². The molecule has 92 valence electrons. The average Bonchev–Trinajstić information content (AvgIpc) is 2.64. The van der Waals surface area contributed by atoms with Gasteiger partial charge in [0.1, 0.15) is 0 Å². The van der Waals surface area contributed by atoms with Crippen molar-refractivity contribution in [2.75, 3.05) is 18.4 Å². The van der Waals surface area contributed by atoms with Crippen LogP contribution in [0.25, 0.3) is 0 Å². The minimum absolute atomic E-state index is 0.0979. The van der Waals surface area contributed by atoms with Crippen LogP contribution in [0.4, 0.5) is 5.69 Å². The molecule has 1 atom stereocenters. The van der Waals surface area contributed by atoms with Crippen molar-refractivity contribution in [1.82, 2.24) is 5.32 Å². The fourth-order valence-electron chi connectivity index (χ4n) is 2.29. The average molecular weight is 233 g/mol. The number of carbonyl (C=O) groups is 1. The summed E-state index contributed by atoms with van der Waals surface area (Å²) in [6.07, 6.45) is 1.10.